The predicted molar refractivity (Wildman–Crippen MR) is 104 cm³/mol. The summed E-state index contributed by atoms with van der Waals surface area (Å²) in [5.74, 6) is 0.854. The summed E-state index contributed by atoms with van der Waals surface area (Å²) in [6.07, 6.45) is 0.802. The Morgan fingerprint density at radius 3 is 2.75 bits per heavy atom. The highest BCUT2D eigenvalue weighted by Crippen LogP contribution is 2.40. The van der Waals surface area contributed by atoms with Gasteiger partial charge in [0.15, 0.2) is 5.11 Å². The van der Waals surface area contributed by atoms with Gasteiger partial charge < -0.3 is 15.4 Å². The van der Waals surface area contributed by atoms with E-state index in [1.165, 1.54) is 0 Å². The van der Waals surface area contributed by atoms with Gasteiger partial charge in [-0.3, -0.25) is 0 Å². The Morgan fingerprint density at radius 2 is 2.00 bits per heavy atom. The van der Waals surface area contributed by atoms with Crippen LogP contribution in [0, 0.1) is 6.92 Å². The molecule has 1 atom stereocenters. The molecule has 0 amide bonds. The molecule has 126 valence electrons. The number of fused-ring (bicyclic) bond motifs is 1. The van der Waals surface area contributed by atoms with E-state index in [2.05, 4.69) is 37.5 Å². The minimum Gasteiger partial charge on any atom is -0.487 e. The highest BCUT2D eigenvalue weighted by molar-refractivity contribution is 7.80. The Kier molecular flexibility index (Phi) is 4.70. The quantitative estimate of drug-likeness (QED) is 0.718. The highest BCUT2D eigenvalue weighted by Gasteiger charge is 2.34. The minimum absolute atomic E-state index is 0.0477. The van der Waals surface area contributed by atoms with E-state index in [0.717, 1.165) is 29.0 Å². The first-order chi connectivity index (χ1) is 11.3. The molecule has 0 fully saturated rings. The fourth-order valence-corrected chi connectivity index (χ4v) is 3.42. The van der Waals surface area contributed by atoms with Crippen molar-refractivity contribution >= 4 is 34.6 Å². The molecule has 2 aromatic rings. The molecule has 3 rings (SSSR count). The molecule has 0 saturated heterocycles. The summed E-state index contributed by atoms with van der Waals surface area (Å²) in [4.78, 5) is 0. The Labute approximate surface area is 153 Å². The van der Waals surface area contributed by atoms with Crippen LogP contribution in [0.5, 0.6) is 5.75 Å². The van der Waals surface area contributed by atoms with Crippen molar-refractivity contribution in [2.75, 3.05) is 5.32 Å². The molecule has 0 radical (unpaired) electrons. The van der Waals surface area contributed by atoms with Crippen LogP contribution in [0.2, 0.25) is 5.02 Å². The van der Waals surface area contributed by atoms with Crippen LogP contribution in [0.3, 0.4) is 0 Å². The van der Waals surface area contributed by atoms with E-state index in [1.54, 1.807) is 0 Å². The van der Waals surface area contributed by atoms with Gasteiger partial charge in [0.25, 0.3) is 0 Å². The van der Waals surface area contributed by atoms with E-state index in [9.17, 15) is 0 Å². The molecule has 1 aliphatic heterocycles. The van der Waals surface area contributed by atoms with E-state index >= 15 is 0 Å². The van der Waals surface area contributed by atoms with Crippen LogP contribution in [0.4, 0.5) is 5.69 Å². The molecule has 0 saturated carbocycles. The number of halogens is 1. The number of rotatable bonds is 2. The van der Waals surface area contributed by atoms with E-state index in [4.69, 9.17) is 28.6 Å². The standard InChI is InChI=1S/C19H21ClN2OS/c1-12-6-4-5-7-15(12)21-18(24)22-16-11-19(2,3)23-17-9-8-13(20)10-14(16)17/h4-10,16H,11H2,1-3H3,(H2,21,22,24)/t16-/m1/s1. The third kappa shape index (κ3) is 3.82. The lowest BCUT2D eigenvalue weighted by molar-refractivity contribution is 0.0697. The Balaban J connectivity index is 1.80. The average Bonchev–Trinajstić information content (AvgIpc) is 2.49. The number of para-hydroxylation sites is 1. The first kappa shape index (κ1) is 17.1. The first-order valence-corrected chi connectivity index (χ1v) is 8.74. The van der Waals surface area contributed by atoms with E-state index in [0.29, 0.717) is 10.1 Å². The van der Waals surface area contributed by atoms with Gasteiger partial charge in [0.1, 0.15) is 11.4 Å². The van der Waals surface area contributed by atoms with E-state index < -0.39 is 0 Å². The largest absolute Gasteiger partial charge is 0.487 e. The molecule has 0 aliphatic carbocycles. The summed E-state index contributed by atoms with van der Waals surface area (Å²) in [7, 11) is 0. The smallest absolute Gasteiger partial charge is 0.171 e. The average molecular weight is 361 g/mol. The summed E-state index contributed by atoms with van der Waals surface area (Å²) in [6.45, 7) is 6.21. The molecular weight excluding hydrogens is 340 g/mol. The van der Waals surface area contributed by atoms with Crippen LogP contribution in [0.1, 0.15) is 37.4 Å². The van der Waals surface area contributed by atoms with Gasteiger partial charge in [0.2, 0.25) is 0 Å². The molecule has 24 heavy (non-hydrogen) atoms. The van der Waals surface area contributed by atoms with Crippen LogP contribution < -0.4 is 15.4 Å². The zero-order valence-corrected chi connectivity index (χ0v) is 15.6. The van der Waals surface area contributed by atoms with Crippen molar-refractivity contribution in [1.82, 2.24) is 5.32 Å². The second-order valence-electron chi connectivity index (χ2n) is 6.71. The van der Waals surface area contributed by atoms with Crippen molar-refractivity contribution in [3.8, 4) is 5.75 Å². The van der Waals surface area contributed by atoms with Gasteiger partial charge in [-0.25, -0.2) is 0 Å². The molecule has 2 aromatic carbocycles. The molecule has 0 bridgehead atoms. The monoisotopic (exact) mass is 360 g/mol. The van der Waals surface area contributed by atoms with Gasteiger partial charge in [-0.15, -0.1) is 0 Å². The maximum absolute atomic E-state index is 6.17. The van der Waals surface area contributed by atoms with Gasteiger partial charge in [-0.1, -0.05) is 29.8 Å². The van der Waals surface area contributed by atoms with Crippen LogP contribution >= 0.6 is 23.8 Å². The van der Waals surface area contributed by atoms with Crippen molar-refractivity contribution in [2.45, 2.75) is 38.8 Å². The Bertz CT molecular complexity index is 776. The molecule has 1 heterocycles. The van der Waals surface area contributed by atoms with Gasteiger partial charge in [0, 0.05) is 22.7 Å². The van der Waals surface area contributed by atoms with Gasteiger partial charge in [-0.05, 0) is 62.8 Å². The van der Waals surface area contributed by atoms with Crippen molar-refractivity contribution in [2.24, 2.45) is 0 Å². The third-order valence-corrected chi connectivity index (χ3v) is 4.58. The first-order valence-electron chi connectivity index (χ1n) is 7.96. The lowest BCUT2D eigenvalue weighted by Crippen LogP contribution is -2.42. The number of thiocarbonyl (C=S) groups is 1. The molecule has 0 spiro atoms. The molecule has 5 heteroatoms. The number of nitrogens with one attached hydrogen (secondary N) is 2. The van der Waals surface area contributed by atoms with Crippen molar-refractivity contribution in [3.63, 3.8) is 0 Å². The van der Waals surface area contributed by atoms with Crippen molar-refractivity contribution in [1.29, 1.82) is 0 Å². The molecule has 3 nitrogen and oxygen atoms in total. The van der Waals surface area contributed by atoms with Gasteiger partial charge in [0.05, 0.1) is 6.04 Å². The number of benzene rings is 2. The molecule has 2 N–H and O–H groups in total. The Morgan fingerprint density at radius 1 is 1.25 bits per heavy atom. The predicted octanol–water partition coefficient (Wildman–Crippen LogP) is 5.24. The maximum atomic E-state index is 6.17. The van der Waals surface area contributed by atoms with Crippen LogP contribution in [-0.2, 0) is 0 Å². The fraction of sp³-hybridized carbons (Fsp3) is 0.316. The van der Waals surface area contributed by atoms with E-state index in [1.807, 2.05) is 36.4 Å². The number of hydrogen-bond donors (Lipinski definition) is 2. The number of aryl methyl sites for hydroxylation is 1. The van der Waals surface area contributed by atoms with Gasteiger partial charge in [-0.2, -0.15) is 0 Å². The summed E-state index contributed by atoms with van der Waals surface area (Å²) < 4.78 is 6.06. The minimum atomic E-state index is -0.267. The number of anilines is 1. The number of ether oxygens (including phenoxy) is 1. The zero-order valence-electron chi connectivity index (χ0n) is 14.0. The summed E-state index contributed by atoms with van der Waals surface area (Å²) in [5, 5.41) is 7.98. The van der Waals surface area contributed by atoms with Crippen LogP contribution in [0.15, 0.2) is 42.5 Å². The van der Waals surface area contributed by atoms with Gasteiger partial charge >= 0.3 is 0 Å². The molecule has 1 aliphatic rings. The van der Waals surface area contributed by atoms with Crippen LogP contribution in [0.25, 0.3) is 0 Å². The molecular formula is C19H21ClN2OS. The third-order valence-electron chi connectivity index (χ3n) is 4.13. The van der Waals surface area contributed by atoms with Crippen LogP contribution in [-0.4, -0.2) is 10.7 Å². The summed E-state index contributed by atoms with van der Waals surface area (Å²) in [5.41, 5.74) is 2.93. The SMILES string of the molecule is Cc1ccccc1NC(=S)N[C@@H]1CC(C)(C)Oc2ccc(Cl)cc21. The zero-order chi connectivity index (χ0) is 17.3. The fourth-order valence-electron chi connectivity index (χ4n) is 2.98. The summed E-state index contributed by atoms with van der Waals surface area (Å²) in [6, 6.07) is 13.8. The number of hydrogen-bond acceptors (Lipinski definition) is 2. The highest BCUT2D eigenvalue weighted by atomic mass is 35.5. The molecule has 0 unspecified atom stereocenters. The Hall–Kier alpha value is -1.78. The summed E-state index contributed by atoms with van der Waals surface area (Å²) >= 11 is 11.7. The topological polar surface area (TPSA) is 33.3 Å². The van der Waals surface area contributed by atoms with E-state index in [-0.39, 0.29) is 11.6 Å². The molecule has 0 aromatic heterocycles. The van der Waals surface area contributed by atoms with Crippen molar-refractivity contribution in [3.05, 3.63) is 58.6 Å². The lowest BCUT2D eigenvalue weighted by atomic mass is 9.90. The van der Waals surface area contributed by atoms with Crippen molar-refractivity contribution < 1.29 is 4.74 Å². The lowest BCUT2D eigenvalue weighted by Gasteiger charge is -2.38. The second kappa shape index (κ2) is 6.61. The normalized spacial score (nSPS) is 18.2. The second-order valence-corrected chi connectivity index (χ2v) is 7.56. The maximum Gasteiger partial charge on any atom is 0.171 e.